The minimum atomic E-state index is -1.04. The molecule has 4 rings (SSSR count). The highest BCUT2D eigenvalue weighted by atomic mass is 35.5. The van der Waals surface area contributed by atoms with Crippen LogP contribution in [0.5, 0.6) is 0 Å². The van der Waals surface area contributed by atoms with Crippen molar-refractivity contribution in [2.45, 2.75) is 65.1 Å². The van der Waals surface area contributed by atoms with E-state index in [4.69, 9.17) is 22.1 Å². The van der Waals surface area contributed by atoms with E-state index in [9.17, 15) is 9.18 Å². The Morgan fingerprint density at radius 1 is 1.31 bits per heavy atom. The third-order valence-corrected chi connectivity index (χ3v) is 7.28. The maximum absolute atomic E-state index is 15.1. The van der Waals surface area contributed by atoms with Gasteiger partial charge in [-0.1, -0.05) is 23.7 Å². The van der Waals surface area contributed by atoms with Crippen LogP contribution < -0.4 is 11.1 Å². The van der Waals surface area contributed by atoms with Gasteiger partial charge in [-0.05, 0) is 65.3 Å². The molecule has 0 amide bonds. The standard InChI is InChI=1S/C28H35ClF2N6O2/c1-17-12-24(36-35-17)34-23-9-8-21(30)22(33-23)14-28(26(38)39-16-27(3,4)32)10-11-37(18(2)13-28)15-19-6-5-7-20(29)25(19)31/h5-9,12,18H,10-11,13-16,32H2,1-4H3,(H2,33,34,35,36)/t18-,28-/m1/s1. The molecule has 0 spiro atoms. The number of aromatic nitrogens is 3. The number of hydrogen-bond acceptors (Lipinski definition) is 7. The number of esters is 1. The van der Waals surface area contributed by atoms with Crippen LogP contribution in [0.3, 0.4) is 0 Å². The third kappa shape index (κ3) is 7.12. The molecule has 3 heterocycles. The highest BCUT2D eigenvalue weighted by Gasteiger charge is 2.46. The lowest BCUT2D eigenvalue weighted by Crippen LogP contribution is -2.51. The molecule has 210 valence electrons. The number of aryl methyl sites for hydroxylation is 1. The van der Waals surface area contributed by atoms with Crippen molar-refractivity contribution >= 4 is 29.2 Å². The van der Waals surface area contributed by atoms with E-state index in [0.717, 1.165) is 5.69 Å². The summed E-state index contributed by atoms with van der Waals surface area (Å²) >= 11 is 5.98. The smallest absolute Gasteiger partial charge is 0.312 e. The van der Waals surface area contributed by atoms with Crippen LogP contribution in [0, 0.1) is 24.0 Å². The topological polar surface area (TPSA) is 109 Å². The number of benzene rings is 1. The SMILES string of the molecule is Cc1cc(Nc2ccc(F)c(C[C@@]3(C(=O)OCC(C)(C)N)CCN(Cc4cccc(Cl)c4F)[C@H](C)C3)n2)n[nH]1. The fourth-order valence-electron chi connectivity index (χ4n) is 4.93. The second-order valence-corrected chi connectivity index (χ2v) is 11.6. The van der Waals surface area contributed by atoms with Crippen molar-refractivity contribution in [3.05, 3.63) is 70.0 Å². The fourth-order valence-corrected chi connectivity index (χ4v) is 5.13. The molecule has 1 aromatic carbocycles. The molecule has 0 aliphatic carbocycles. The molecular weight excluding hydrogens is 526 g/mol. The van der Waals surface area contributed by atoms with Crippen LogP contribution in [-0.2, 0) is 22.5 Å². The molecular formula is C28H35ClF2N6O2. The Labute approximate surface area is 232 Å². The molecule has 1 aliphatic heterocycles. The number of carbonyl (C=O) groups is 1. The molecule has 1 fully saturated rings. The molecule has 0 radical (unpaired) electrons. The Morgan fingerprint density at radius 3 is 2.74 bits per heavy atom. The number of nitrogens with zero attached hydrogens (tertiary/aromatic N) is 3. The van der Waals surface area contributed by atoms with Gasteiger partial charge in [0.05, 0.1) is 16.1 Å². The van der Waals surface area contributed by atoms with Crippen LogP contribution in [0.25, 0.3) is 0 Å². The van der Waals surface area contributed by atoms with E-state index in [1.54, 1.807) is 32.0 Å². The number of halogens is 3. The van der Waals surface area contributed by atoms with Gasteiger partial charge in [0, 0.05) is 41.9 Å². The summed E-state index contributed by atoms with van der Waals surface area (Å²) in [6, 6.07) is 9.45. The highest BCUT2D eigenvalue weighted by Crippen LogP contribution is 2.40. The summed E-state index contributed by atoms with van der Waals surface area (Å²) in [7, 11) is 0. The van der Waals surface area contributed by atoms with Gasteiger partial charge in [0.1, 0.15) is 24.1 Å². The number of piperidine rings is 1. The first-order chi connectivity index (χ1) is 18.3. The lowest BCUT2D eigenvalue weighted by atomic mass is 9.72. The summed E-state index contributed by atoms with van der Waals surface area (Å²) in [5, 5.41) is 10.1. The first-order valence-electron chi connectivity index (χ1n) is 12.9. The predicted molar refractivity (Wildman–Crippen MR) is 147 cm³/mol. The van der Waals surface area contributed by atoms with Gasteiger partial charge >= 0.3 is 5.97 Å². The van der Waals surface area contributed by atoms with E-state index < -0.39 is 28.6 Å². The lowest BCUT2D eigenvalue weighted by Gasteiger charge is -2.44. The highest BCUT2D eigenvalue weighted by molar-refractivity contribution is 6.30. The first-order valence-corrected chi connectivity index (χ1v) is 13.3. The lowest BCUT2D eigenvalue weighted by molar-refractivity contribution is -0.162. The number of aromatic amines is 1. The molecule has 39 heavy (non-hydrogen) atoms. The van der Waals surface area contributed by atoms with Gasteiger partial charge in [-0.3, -0.25) is 14.8 Å². The van der Waals surface area contributed by atoms with Crippen molar-refractivity contribution in [1.82, 2.24) is 20.1 Å². The maximum Gasteiger partial charge on any atom is 0.312 e. The number of H-pyrrole nitrogens is 1. The van der Waals surface area contributed by atoms with Crippen LogP contribution in [0.15, 0.2) is 36.4 Å². The van der Waals surface area contributed by atoms with E-state index >= 15 is 4.39 Å². The van der Waals surface area contributed by atoms with Crippen LogP contribution >= 0.6 is 11.6 Å². The number of hydrogen-bond donors (Lipinski definition) is 3. The summed E-state index contributed by atoms with van der Waals surface area (Å²) < 4.78 is 35.4. The summed E-state index contributed by atoms with van der Waals surface area (Å²) in [5.41, 5.74) is 5.81. The zero-order valence-electron chi connectivity index (χ0n) is 22.7. The van der Waals surface area contributed by atoms with Gasteiger partial charge in [-0.15, -0.1) is 0 Å². The van der Waals surface area contributed by atoms with E-state index in [0.29, 0.717) is 43.1 Å². The van der Waals surface area contributed by atoms with E-state index in [1.807, 2.05) is 13.8 Å². The fraction of sp³-hybridized carbons (Fsp3) is 0.464. The molecule has 2 atom stereocenters. The number of carbonyl (C=O) groups excluding carboxylic acids is 1. The monoisotopic (exact) mass is 560 g/mol. The van der Waals surface area contributed by atoms with Crippen molar-refractivity contribution in [3.8, 4) is 0 Å². The van der Waals surface area contributed by atoms with Gasteiger partial charge in [0.25, 0.3) is 0 Å². The molecule has 2 aromatic heterocycles. The van der Waals surface area contributed by atoms with Crippen LogP contribution in [0.1, 0.15) is 50.6 Å². The van der Waals surface area contributed by atoms with Crippen molar-refractivity contribution < 1.29 is 18.3 Å². The molecule has 0 bridgehead atoms. The Hall–Kier alpha value is -3.08. The van der Waals surface area contributed by atoms with Gasteiger partial charge in [0.15, 0.2) is 5.82 Å². The number of nitrogens with two attached hydrogens (primary N) is 1. The summed E-state index contributed by atoms with van der Waals surface area (Å²) in [6.07, 6.45) is 0.790. The van der Waals surface area contributed by atoms with Crippen molar-refractivity contribution in [2.24, 2.45) is 11.1 Å². The quantitative estimate of drug-likeness (QED) is 0.305. The molecule has 8 nitrogen and oxygen atoms in total. The zero-order chi connectivity index (χ0) is 28.4. The largest absolute Gasteiger partial charge is 0.463 e. The van der Waals surface area contributed by atoms with Crippen molar-refractivity contribution in [3.63, 3.8) is 0 Å². The molecule has 11 heteroatoms. The summed E-state index contributed by atoms with van der Waals surface area (Å²) in [4.78, 5) is 20.2. The molecule has 3 aromatic rings. The Kier molecular flexibility index (Phi) is 8.58. The minimum Gasteiger partial charge on any atom is -0.463 e. The normalized spacial score (nSPS) is 20.2. The molecule has 0 saturated carbocycles. The number of likely N-dealkylation sites (tertiary alicyclic amines) is 1. The van der Waals surface area contributed by atoms with E-state index in [-0.39, 0.29) is 29.8 Å². The van der Waals surface area contributed by atoms with E-state index in [2.05, 4.69) is 25.4 Å². The number of ether oxygens (including phenoxy) is 1. The van der Waals surface area contributed by atoms with Gasteiger partial charge in [-0.25, -0.2) is 13.8 Å². The minimum absolute atomic E-state index is 0.0232. The summed E-state index contributed by atoms with van der Waals surface area (Å²) in [6.45, 7) is 8.21. The number of nitrogens with one attached hydrogen (secondary N) is 2. The molecule has 4 N–H and O–H groups in total. The molecule has 1 saturated heterocycles. The number of pyridine rings is 1. The Bertz CT molecular complexity index is 1330. The second-order valence-electron chi connectivity index (χ2n) is 11.2. The van der Waals surface area contributed by atoms with Crippen molar-refractivity contribution in [2.75, 3.05) is 18.5 Å². The average molecular weight is 561 g/mol. The van der Waals surface area contributed by atoms with E-state index in [1.165, 1.54) is 18.2 Å². The van der Waals surface area contributed by atoms with Gasteiger partial charge in [-0.2, -0.15) is 5.10 Å². The zero-order valence-corrected chi connectivity index (χ0v) is 23.4. The number of anilines is 2. The second kappa shape index (κ2) is 11.6. The third-order valence-electron chi connectivity index (χ3n) is 6.99. The average Bonchev–Trinajstić information content (AvgIpc) is 3.28. The van der Waals surface area contributed by atoms with Gasteiger partial charge in [0.2, 0.25) is 0 Å². The molecule has 1 aliphatic rings. The van der Waals surface area contributed by atoms with Crippen LogP contribution in [0.2, 0.25) is 5.02 Å². The van der Waals surface area contributed by atoms with Gasteiger partial charge < -0.3 is 15.8 Å². The molecule has 0 unspecified atom stereocenters. The number of rotatable bonds is 9. The van der Waals surface area contributed by atoms with Crippen LogP contribution in [-0.4, -0.2) is 50.8 Å². The predicted octanol–water partition coefficient (Wildman–Crippen LogP) is 5.28. The Balaban J connectivity index is 1.58. The first kappa shape index (κ1) is 28.9. The Morgan fingerprint density at radius 2 is 2.08 bits per heavy atom. The van der Waals surface area contributed by atoms with Crippen molar-refractivity contribution in [1.29, 1.82) is 0 Å². The summed E-state index contributed by atoms with van der Waals surface area (Å²) in [5.74, 6) is -0.445. The van der Waals surface area contributed by atoms with Crippen LogP contribution in [0.4, 0.5) is 20.4 Å². The maximum atomic E-state index is 15.1.